The van der Waals surface area contributed by atoms with Crippen molar-refractivity contribution < 1.29 is 28.3 Å². The van der Waals surface area contributed by atoms with Gasteiger partial charge >= 0.3 is 5.97 Å². The summed E-state index contributed by atoms with van der Waals surface area (Å²) >= 11 is 0. The quantitative estimate of drug-likeness (QED) is 0.454. The van der Waals surface area contributed by atoms with Gasteiger partial charge in [-0.3, -0.25) is 19.3 Å². The second-order valence-electron chi connectivity index (χ2n) is 7.35. The SMILES string of the molecule is O=C(COC(=O)c1ccc(N2C(=O)[C@@H]3CC=CC[C@H]3C2=O)cc1)Nc1ccc(F)cc1. The highest BCUT2D eigenvalue weighted by Crippen LogP contribution is 2.37. The molecule has 3 amide bonds. The third-order valence-corrected chi connectivity index (χ3v) is 5.33. The van der Waals surface area contributed by atoms with E-state index in [4.69, 9.17) is 4.74 Å². The fraction of sp³-hybridized carbons (Fsp3) is 0.217. The van der Waals surface area contributed by atoms with Crippen molar-refractivity contribution in [3.05, 3.63) is 72.1 Å². The summed E-state index contributed by atoms with van der Waals surface area (Å²) in [6.07, 6.45) is 4.94. The van der Waals surface area contributed by atoms with Gasteiger partial charge in [0.2, 0.25) is 11.8 Å². The Labute approximate surface area is 177 Å². The number of anilines is 2. The van der Waals surface area contributed by atoms with Crippen molar-refractivity contribution >= 4 is 35.1 Å². The van der Waals surface area contributed by atoms with Crippen LogP contribution in [0.3, 0.4) is 0 Å². The summed E-state index contributed by atoms with van der Waals surface area (Å²) in [5.41, 5.74) is 0.953. The first-order valence-electron chi connectivity index (χ1n) is 9.79. The molecule has 0 spiro atoms. The van der Waals surface area contributed by atoms with Gasteiger partial charge in [0.15, 0.2) is 6.61 Å². The maximum Gasteiger partial charge on any atom is 0.338 e. The molecule has 0 unspecified atom stereocenters. The Morgan fingerprint density at radius 2 is 1.52 bits per heavy atom. The van der Waals surface area contributed by atoms with E-state index in [0.29, 0.717) is 24.2 Å². The summed E-state index contributed by atoms with van der Waals surface area (Å²) in [5, 5.41) is 2.49. The van der Waals surface area contributed by atoms with E-state index in [0.717, 1.165) is 0 Å². The van der Waals surface area contributed by atoms with E-state index in [9.17, 15) is 23.6 Å². The highest BCUT2D eigenvalue weighted by atomic mass is 19.1. The van der Waals surface area contributed by atoms with Crippen LogP contribution in [-0.4, -0.2) is 30.3 Å². The lowest BCUT2D eigenvalue weighted by atomic mass is 9.85. The highest BCUT2D eigenvalue weighted by molar-refractivity contribution is 6.22. The predicted molar refractivity (Wildman–Crippen MR) is 110 cm³/mol. The maximum atomic E-state index is 12.9. The first-order chi connectivity index (χ1) is 14.9. The van der Waals surface area contributed by atoms with Gasteiger partial charge in [-0.1, -0.05) is 12.2 Å². The van der Waals surface area contributed by atoms with E-state index in [1.165, 1.54) is 53.4 Å². The van der Waals surface area contributed by atoms with Crippen LogP contribution in [0.4, 0.5) is 15.8 Å². The van der Waals surface area contributed by atoms with Crippen LogP contribution in [0.5, 0.6) is 0 Å². The summed E-state index contributed by atoms with van der Waals surface area (Å²) in [6.45, 7) is -0.516. The molecule has 2 aromatic rings. The molecule has 8 heteroatoms. The van der Waals surface area contributed by atoms with Crippen LogP contribution in [0.2, 0.25) is 0 Å². The zero-order chi connectivity index (χ0) is 22.0. The molecule has 1 aliphatic carbocycles. The first kappa shape index (κ1) is 20.5. The Morgan fingerprint density at radius 1 is 0.935 bits per heavy atom. The molecule has 0 radical (unpaired) electrons. The molecule has 4 rings (SSSR count). The monoisotopic (exact) mass is 422 g/mol. The molecule has 7 nitrogen and oxygen atoms in total. The molecule has 0 bridgehead atoms. The van der Waals surface area contributed by atoms with Gasteiger partial charge in [0.1, 0.15) is 5.82 Å². The summed E-state index contributed by atoms with van der Waals surface area (Å²) in [4.78, 5) is 50.5. The van der Waals surface area contributed by atoms with E-state index in [-0.39, 0.29) is 29.2 Å². The normalized spacial score (nSPS) is 19.8. The van der Waals surface area contributed by atoms with Gasteiger partial charge in [-0.25, -0.2) is 9.18 Å². The fourth-order valence-corrected chi connectivity index (χ4v) is 3.75. The van der Waals surface area contributed by atoms with E-state index in [1.807, 2.05) is 12.2 Å². The van der Waals surface area contributed by atoms with Gasteiger partial charge in [-0.2, -0.15) is 0 Å². The Balaban J connectivity index is 1.35. The Morgan fingerprint density at radius 3 is 2.10 bits per heavy atom. The number of ether oxygens (including phenoxy) is 1. The standard InChI is InChI=1S/C23H19FN2O5/c24-15-7-9-16(10-8-15)25-20(27)13-31-23(30)14-5-11-17(12-6-14)26-21(28)18-3-1-2-4-19(18)22(26)29/h1-2,5-12,18-19H,3-4,13H2,(H,25,27)/t18-,19-/m1/s1. The van der Waals surface area contributed by atoms with E-state index < -0.39 is 24.3 Å². The molecule has 1 N–H and O–H groups in total. The summed E-state index contributed by atoms with van der Waals surface area (Å²) in [7, 11) is 0. The van der Waals surface area contributed by atoms with Crippen molar-refractivity contribution in [2.45, 2.75) is 12.8 Å². The van der Waals surface area contributed by atoms with Crippen molar-refractivity contribution in [3.63, 3.8) is 0 Å². The lowest BCUT2D eigenvalue weighted by Gasteiger charge is -2.15. The fourth-order valence-electron chi connectivity index (χ4n) is 3.75. The second kappa shape index (κ2) is 8.51. The summed E-state index contributed by atoms with van der Waals surface area (Å²) in [6, 6.07) is 11.1. The van der Waals surface area contributed by atoms with Crippen molar-refractivity contribution in [1.82, 2.24) is 0 Å². The number of nitrogens with zero attached hydrogens (tertiary/aromatic N) is 1. The second-order valence-corrected chi connectivity index (χ2v) is 7.35. The van der Waals surface area contributed by atoms with Gasteiger partial charge in [0.05, 0.1) is 23.1 Å². The number of imide groups is 1. The van der Waals surface area contributed by atoms with Crippen LogP contribution < -0.4 is 10.2 Å². The minimum Gasteiger partial charge on any atom is -0.452 e. The topological polar surface area (TPSA) is 92.8 Å². The molecule has 1 aliphatic heterocycles. The molecule has 2 aliphatic rings. The van der Waals surface area contributed by atoms with Gasteiger partial charge in [-0.05, 0) is 61.4 Å². The molecule has 2 atom stereocenters. The molecule has 158 valence electrons. The largest absolute Gasteiger partial charge is 0.452 e. The number of carbonyl (C=O) groups is 4. The number of allylic oxidation sites excluding steroid dienone is 2. The number of nitrogens with one attached hydrogen (secondary N) is 1. The van der Waals surface area contributed by atoms with Crippen LogP contribution in [0.1, 0.15) is 23.2 Å². The lowest BCUT2D eigenvalue weighted by molar-refractivity contribution is -0.122. The molecular weight excluding hydrogens is 403 g/mol. The molecule has 1 heterocycles. The third-order valence-electron chi connectivity index (χ3n) is 5.33. The number of halogens is 1. The zero-order valence-corrected chi connectivity index (χ0v) is 16.4. The van der Waals surface area contributed by atoms with Crippen LogP contribution in [0, 0.1) is 17.7 Å². The minimum atomic E-state index is -0.724. The van der Waals surface area contributed by atoms with E-state index >= 15 is 0 Å². The Bertz CT molecular complexity index is 1040. The van der Waals surface area contributed by atoms with E-state index in [2.05, 4.69) is 5.32 Å². The van der Waals surface area contributed by atoms with Gasteiger partial charge in [0, 0.05) is 5.69 Å². The van der Waals surface area contributed by atoms with Crippen molar-refractivity contribution in [1.29, 1.82) is 0 Å². The number of esters is 1. The van der Waals surface area contributed by atoms with Crippen LogP contribution in [0.15, 0.2) is 60.7 Å². The molecular formula is C23H19FN2O5. The number of hydrogen-bond donors (Lipinski definition) is 1. The molecule has 1 saturated heterocycles. The van der Waals surface area contributed by atoms with Crippen LogP contribution in [0.25, 0.3) is 0 Å². The van der Waals surface area contributed by atoms with Gasteiger partial charge < -0.3 is 10.1 Å². The number of hydrogen-bond acceptors (Lipinski definition) is 5. The van der Waals surface area contributed by atoms with Crippen LogP contribution in [-0.2, 0) is 19.1 Å². The molecule has 0 aromatic heterocycles. The number of carbonyl (C=O) groups excluding carboxylic acids is 4. The van der Waals surface area contributed by atoms with Crippen molar-refractivity contribution in [2.24, 2.45) is 11.8 Å². The van der Waals surface area contributed by atoms with Gasteiger partial charge in [-0.15, -0.1) is 0 Å². The first-order valence-corrected chi connectivity index (χ1v) is 9.79. The number of fused-ring (bicyclic) bond motifs is 1. The van der Waals surface area contributed by atoms with E-state index in [1.54, 1.807) is 0 Å². The summed E-state index contributed by atoms with van der Waals surface area (Å²) in [5.74, 6) is -2.85. The van der Waals surface area contributed by atoms with Gasteiger partial charge in [0.25, 0.3) is 5.91 Å². The average Bonchev–Trinajstić information content (AvgIpc) is 3.04. The molecule has 31 heavy (non-hydrogen) atoms. The molecule has 1 fully saturated rings. The zero-order valence-electron chi connectivity index (χ0n) is 16.4. The Hall–Kier alpha value is -3.81. The number of benzene rings is 2. The highest BCUT2D eigenvalue weighted by Gasteiger charge is 2.47. The minimum absolute atomic E-state index is 0.177. The molecule has 2 aromatic carbocycles. The predicted octanol–water partition coefficient (Wildman–Crippen LogP) is 3.08. The number of amides is 3. The third kappa shape index (κ3) is 4.23. The van der Waals surface area contributed by atoms with Crippen LogP contribution >= 0.6 is 0 Å². The smallest absolute Gasteiger partial charge is 0.338 e. The lowest BCUT2D eigenvalue weighted by Crippen LogP contribution is -2.30. The Kier molecular flexibility index (Phi) is 5.62. The number of rotatable bonds is 5. The summed E-state index contributed by atoms with van der Waals surface area (Å²) < 4.78 is 17.9. The molecule has 0 saturated carbocycles. The van der Waals surface area contributed by atoms with Crippen molar-refractivity contribution in [2.75, 3.05) is 16.8 Å². The maximum absolute atomic E-state index is 12.9. The average molecular weight is 422 g/mol. The van der Waals surface area contributed by atoms with Crippen molar-refractivity contribution in [3.8, 4) is 0 Å².